The van der Waals surface area contributed by atoms with E-state index in [0.717, 1.165) is 0 Å². The lowest BCUT2D eigenvalue weighted by Crippen LogP contribution is -1.90. The maximum atomic E-state index is 8.74. The van der Waals surface area contributed by atoms with Crippen molar-refractivity contribution in [1.82, 2.24) is 25.6 Å². The Bertz CT molecular complexity index is 440. The van der Waals surface area contributed by atoms with E-state index in [1.807, 2.05) is 6.07 Å². The average Bonchev–Trinajstić information content (AvgIpc) is 2.70. The largest absolute Gasteiger partial charge is 0.251 e. The lowest BCUT2D eigenvalue weighted by Gasteiger charge is -1.93. The lowest BCUT2D eigenvalue weighted by atomic mass is 10.2. The van der Waals surface area contributed by atoms with Crippen molar-refractivity contribution in [3.63, 3.8) is 0 Å². The van der Waals surface area contributed by atoms with Crippen LogP contribution in [0.2, 0.25) is 0 Å². The zero-order valence-corrected chi connectivity index (χ0v) is 6.47. The molecule has 62 valence electrons. The summed E-state index contributed by atoms with van der Waals surface area (Å²) in [4.78, 5) is 3.98. The molecule has 0 aliphatic rings. The van der Waals surface area contributed by atoms with Crippen LogP contribution in [-0.4, -0.2) is 25.6 Å². The van der Waals surface area contributed by atoms with E-state index < -0.39 is 0 Å². The van der Waals surface area contributed by atoms with E-state index in [1.165, 1.54) is 0 Å². The van der Waals surface area contributed by atoms with Gasteiger partial charge in [-0.3, -0.25) is 4.98 Å². The van der Waals surface area contributed by atoms with E-state index in [0.29, 0.717) is 17.1 Å². The molecule has 0 saturated heterocycles. The van der Waals surface area contributed by atoms with Gasteiger partial charge in [0.05, 0.1) is 5.56 Å². The summed E-state index contributed by atoms with van der Waals surface area (Å²) in [6, 6.07) is 5.33. The number of rotatable bonds is 1. The molecule has 0 bridgehead atoms. The van der Waals surface area contributed by atoms with E-state index in [2.05, 4.69) is 25.6 Å². The Morgan fingerprint density at radius 1 is 1.46 bits per heavy atom. The highest BCUT2D eigenvalue weighted by molar-refractivity contribution is 5.58. The molecule has 6 nitrogen and oxygen atoms in total. The highest BCUT2D eigenvalue weighted by atomic mass is 15.5. The predicted molar refractivity (Wildman–Crippen MR) is 42.1 cm³/mol. The Balaban J connectivity index is 2.59. The quantitative estimate of drug-likeness (QED) is 0.660. The van der Waals surface area contributed by atoms with E-state index in [1.54, 1.807) is 18.3 Å². The molecule has 6 heteroatoms. The molecule has 1 N–H and O–H groups in total. The van der Waals surface area contributed by atoms with Crippen molar-refractivity contribution in [3.8, 4) is 17.6 Å². The van der Waals surface area contributed by atoms with Crippen molar-refractivity contribution in [2.45, 2.75) is 0 Å². The number of nitrogens with one attached hydrogen (secondary N) is 1. The number of hydrogen-bond donors (Lipinski definition) is 1. The summed E-state index contributed by atoms with van der Waals surface area (Å²) >= 11 is 0. The topological polar surface area (TPSA) is 91.1 Å². The van der Waals surface area contributed by atoms with Crippen LogP contribution < -0.4 is 0 Å². The average molecular weight is 172 g/mol. The first-order chi connectivity index (χ1) is 6.42. The molecule has 0 spiro atoms. The third-order valence-electron chi connectivity index (χ3n) is 1.49. The monoisotopic (exact) mass is 172 g/mol. The fraction of sp³-hybridized carbons (Fsp3) is 0. The van der Waals surface area contributed by atoms with E-state index in [9.17, 15) is 0 Å². The summed E-state index contributed by atoms with van der Waals surface area (Å²) < 4.78 is 0. The van der Waals surface area contributed by atoms with E-state index >= 15 is 0 Å². The van der Waals surface area contributed by atoms with Gasteiger partial charge in [0.2, 0.25) is 5.82 Å². The van der Waals surface area contributed by atoms with Gasteiger partial charge in [-0.2, -0.15) is 10.5 Å². The summed E-state index contributed by atoms with van der Waals surface area (Å²) in [5.74, 6) is 0.331. The second-order valence-corrected chi connectivity index (χ2v) is 2.25. The van der Waals surface area contributed by atoms with Crippen LogP contribution in [0.1, 0.15) is 5.56 Å². The first kappa shape index (κ1) is 7.36. The van der Waals surface area contributed by atoms with Crippen molar-refractivity contribution in [2.75, 3.05) is 0 Å². The van der Waals surface area contributed by atoms with Gasteiger partial charge in [0.25, 0.3) is 0 Å². The number of aromatic amines is 1. The van der Waals surface area contributed by atoms with Crippen molar-refractivity contribution in [1.29, 1.82) is 5.26 Å². The molecular weight excluding hydrogens is 168 g/mol. The van der Waals surface area contributed by atoms with Gasteiger partial charge >= 0.3 is 0 Å². The first-order valence-electron chi connectivity index (χ1n) is 3.51. The lowest BCUT2D eigenvalue weighted by molar-refractivity contribution is 0.881. The molecule has 0 aliphatic carbocycles. The van der Waals surface area contributed by atoms with Crippen molar-refractivity contribution < 1.29 is 0 Å². The van der Waals surface area contributed by atoms with Crippen molar-refractivity contribution in [2.24, 2.45) is 0 Å². The van der Waals surface area contributed by atoms with Crippen LogP contribution in [0.15, 0.2) is 18.3 Å². The number of pyridine rings is 1. The van der Waals surface area contributed by atoms with E-state index in [-0.39, 0.29) is 0 Å². The number of nitrogens with zero attached hydrogens (tertiary/aromatic N) is 5. The molecule has 0 aromatic carbocycles. The number of nitriles is 1. The van der Waals surface area contributed by atoms with Crippen LogP contribution in [0.3, 0.4) is 0 Å². The maximum Gasteiger partial charge on any atom is 0.224 e. The molecule has 0 fully saturated rings. The van der Waals surface area contributed by atoms with Gasteiger partial charge in [-0.1, -0.05) is 0 Å². The standard InChI is InChI=1S/C7H4N6/c8-4-5-2-1-3-9-6(5)7-10-12-13-11-7/h1-3H,(H,10,11,12,13). The summed E-state index contributed by atoms with van der Waals surface area (Å²) in [5, 5.41) is 21.9. The number of hydrogen-bond acceptors (Lipinski definition) is 5. The molecule has 0 radical (unpaired) electrons. The number of H-pyrrole nitrogens is 1. The number of tetrazole rings is 1. The first-order valence-corrected chi connectivity index (χ1v) is 3.51. The van der Waals surface area contributed by atoms with E-state index in [4.69, 9.17) is 5.26 Å². The van der Waals surface area contributed by atoms with Gasteiger partial charge in [0, 0.05) is 6.20 Å². The normalized spacial score (nSPS) is 9.46. The third kappa shape index (κ3) is 1.22. The highest BCUT2D eigenvalue weighted by Crippen LogP contribution is 2.13. The Labute approximate surface area is 73.2 Å². The molecule has 0 atom stereocenters. The summed E-state index contributed by atoms with van der Waals surface area (Å²) in [5.41, 5.74) is 0.877. The van der Waals surface area contributed by atoms with Crippen LogP contribution in [0.4, 0.5) is 0 Å². The Hall–Kier alpha value is -2.29. The third-order valence-corrected chi connectivity index (χ3v) is 1.49. The van der Waals surface area contributed by atoms with Crippen LogP contribution in [-0.2, 0) is 0 Å². The zero-order chi connectivity index (χ0) is 9.10. The summed E-state index contributed by atoms with van der Waals surface area (Å²) in [7, 11) is 0. The molecule has 0 aliphatic heterocycles. The van der Waals surface area contributed by atoms with Gasteiger partial charge in [0.15, 0.2) is 0 Å². The molecule has 2 heterocycles. The second-order valence-electron chi connectivity index (χ2n) is 2.25. The zero-order valence-electron chi connectivity index (χ0n) is 6.47. The fourth-order valence-corrected chi connectivity index (χ4v) is 0.936. The molecule has 13 heavy (non-hydrogen) atoms. The minimum absolute atomic E-state index is 0.331. The second kappa shape index (κ2) is 2.98. The number of aromatic nitrogens is 5. The Morgan fingerprint density at radius 3 is 3.08 bits per heavy atom. The molecule has 2 rings (SSSR count). The van der Waals surface area contributed by atoms with Gasteiger partial charge < -0.3 is 0 Å². The maximum absolute atomic E-state index is 8.74. The van der Waals surface area contributed by atoms with Gasteiger partial charge in [-0.05, 0) is 17.3 Å². The molecule has 0 unspecified atom stereocenters. The highest BCUT2D eigenvalue weighted by Gasteiger charge is 2.08. The van der Waals surface area contributed by atoms with Gasteiger partial charge in [-0.25, -0.2) is 0 Å². The van der Waals surface area contributed by atoms with Crippen LogP contribution >= 0.6 is 0 Å². The molecule has 2 aromatic rings. The van der Waals surface area contributed by atoms with Crippen molar-refractivity contribution in [3.05, 3.63) is 23.9 Å². The minimum atomic E-state index is 0.331. The van der Waals surface area contributed by atoms with Gasteiger partial charge in [0.1, 0.15) is 11.8 Å². The summed E-state index contributed by atoms with van der Waals surface area (Å²) in [6.45, 7) is 0. The molecule has 0 saturated carbocycles. The SMILES string of the molecule is N#Cc1cccnc1-c1nn[nH]n1. The fourth-order valence-electron chi connectivity index (χ4n) is 0.936. The van der Waals surface area contributed by atoms with Crippen LogP contribution in [0.25, 0.3) is 11.5 Å². The molecular formula is C7H4N6. The van der Waals surface area contributed by atoms with Gasteiger partial charge in [-0.15, -0.1) is 10.2 Å². The van der Waals surface area contributed by atoms with Crippen LogP contribution in [0.5, 0.6) is 0 Å². The van der Waals surface area contributed by atoms with Crippen molar-refractivity contribution >= 4 is 0 Å². The minimum Gasteiger partial charge on any atom is -0.251 e. The Kier molecular flexibility index (Phi) is 1.69. The van der Waals surface area contributed by atoms with Crippen LogP contribution in [0, 0.1) is 11.3 Å². The summed E-state index contributed by atoms with van der Waals surface area (Å²) in [6.07, 6.45) is 1.58. The predicted octanol–water partition coefficient (Wildman–Crippen LogP) is 0.133. The molecule has 0 amide bonds. The smallest absolute Gasteiger partial charge is 0.224 e. The Morgan fingerprint density at radius 2 is 2.38 bits per heavy atom. The molecule has 2 aromatic heterocycles.